The lowest BCUT2D eigenvalue weighted by molar-refractivity contribution is 0.398. The average molecular weight is 224 g/mol. The van der Waals surface area contributed by atoms with Crippen molar-refractivity contribution >= 4 is 11.8 Å². The number of rotatable bonds is 6. The van der Waals surface area contributed by atoms with Gasteiger partial charge >= 0.3 is 0 Å². The molecule has 1 aromatic heterocycles. The second-order valence-electron chi connectivity index (χ2n) is 4.12. The molecule has 0 aliphatic carbocycles. The Morgan fingerprint density at radius 1 is 1.44 bits per heavy atom. The van der Waals surface area contributed by atoms with Gasteiger partial charge in [-0.2, -0.15) is 9.97 Å². The molecule has 0 radical (unpaired) electrons. The van der Waals surface area contributed by atoms with E-state index in [4.69, 9.17) is 10.5 Å². The van der Waals surface area contributed by atoms with Crippen LogP contribution in [-0.4, -0.2) is 23.6 Å². The Morgan fingerprint density at radius 2 is 2.19 bits per heavy atom. The Morgan fingerprint density at radius 3 is 2.81 bits per heavy atom. The van der Waals surface area contributed by atoms with Gasteiger partial charge in [-0.05, 0) is 18.8 Å². The van der Waals surface area contributed by atoms with Crippen LogP contribution in [0.4, 0.5) is 11.8 Å². The van der Waals surface area contributed by atoms with Crippen LogP contribution in [0, 0.1) is 5.92 Å². The third-order valence-electron chi connectivity index (χ3n) is 2.19. The second-order valence-corrected chi connectivity index (χ2v) is 4.12. The number of ether oxygens (including phenoxy) is 1. The number of hydrogen-bond acceptors (Lipinski definition) is 5. The molecule has 1 aromatic rings. The number of aromatic nitrogens is 2. The Hall–Kier alpha value is -1.52. The van der Waals surface area contributed by atoms with Crippen LogP contribution in [0.1, 0.15) is 26.7 Å². The van der Waals surface area contributed by atoms with Crippen molar-refractivity contribution in [3.05, 3.63) is 6.07 Å². The van der Waals surface area contributed by atoms with E-state index in [0.717, 1.165) is 18.9 Å². The van der Waals surface area contributed by atoms with Crippen molar-refractivity contribution in [1.29, 1.82) is 0 Å². The van der Waals surface area contributed by atoms with E-state index in [2.05, 4.69) is 29.1 Å². The van der Waals surface area contributed by atoms with Crippen molar-refractivity contribution in [2.75, 3.05) is 24.7 Å². The third-order valence-corrected chi connectivity index (χ3v) is 2.19. The maximum Gasteiger partial charge on any atom is 0.225 e. The molecule has 16 heavy (non-hydrogen) atoms. The van der Waals surface area contributed by atoms with Crippen molar-refractivity contribution in [2.45, 2.75) is 26.7 Å². The van der Waals surface area contributed by atoms with Gasteiger partial charge in [0, 0.05) is 12.6 Å². The molecule has 1 rings (SSSR count). The van der Waals surface area contributed by atoms with E-state index < -0.39 is 0 Å². The molecule has 0 saturated heterocycles. The highest BCUT2D eigenvalue weighted by Crippen LogP contribution is 2.14. The van der Waals surface area contributed by atoms with E-state index in [-0.39, 0.29) is 5.95 Å². The van der Waals surface area contributed by atoms with E-state index in [1.165, 1.54) is 6.42 Å². The molecule has 5 heteroatoms. The highest BCUT2D eigenvalue weighted by Gasteiger charge is 2.01. The highest BCUT2D eigenvalue weighted by atomic mass is 16.5. The molecule has 3 N–H and O–H groups in total. The first-order valence-corrected chi connectivity index (χ1v) is 5.54. The molecule has 0 saturated carbocycles. The number of hydrogen-bond donors (Lipinski definition) is 2. The summed E-state index contributed by atoms with van der Waals surface area (Å²) >= 11 is 0. The molecule has 0 aromatic carbocycles. The minimum absolute atomic E-state index is 0.228. The van der Waals surface area contributed by atoms with Crippen LogP contribution in [0.3, 0.4) is 0 Å². The quantitative estimate of drug-likeness (QED) is 0.722. The van der Waals surface area contributed by atoms with Gasteiger partial charge in [-0.25, -0.2) is 0 Å². The van der Waals surface area contributed by atoms with E-state index in [9.17, 15) is 0 Å². The molecule has 1 heterocycles. The van der Waals surface area contributed by atoms with Crippen LogP contribution < -0.4 is 15.8 Å². The van der Waals surface area contributed by atoms with Crippen LogP contribution in [0.15, 0.2) is 6.07 Å². The van der Waals surface area contributed by atoms with E-state index in [1.54, 1.807) is 13.2 Å². The largest absolute Gasteiger partial charge is 0.481 e. The van der Waals surface area contributed by atoms with Crippen molar-refractivity contribution in [3.8, 4) is 5.88 Å². The predicted molar refractivity (Wildman–Crippen MR) is 65.6 cm³/mol. The molecular formula is C11H20N4O. The Kier molecular flexibility index (Phi) is 4.82. The van der Waals surface area contributed by atoms with Gasteiger partial charge in [0.2, 0.25) is 11.8 Å². The second kappa shape index (κ2) is 6.15. The zero-order valence-electron chi connectivity index (χ0n) is 10.2. The first-order valence-electron chi connectivity index (χ1n) is 5.54. The molecule has 5 nitrogen and oxygen atoms in total. The lowest BCUT2D eigenvalue weighted by Gasteiger charge is -2.08. The number of methoxy groups -OCH3 is 1. The summed E-state index contributed by atoms with van der Waals surface area (Å²) in [6.45, 7) is 5.31. The van der Waals surface area contributed by atoms with E-state index in [1.807, 2.05) is 0 Å². The molecule has 0 unspecified atom stereocenters. The summed E-state index contributed by atoms with van der Waals surface area (Å²) in [5.41, 5.74) is 5.55. The Labute approximate surface area is 96.4 Å². The SMILES string of the molecule is COc1cc(NCCCC(C)C)nc(N)n1. The molecule has 0 amide bonds. The van der Waals surface area contributed by atoms with Gasteiger partial charge < -0.3 is 15.8 Å². The fourth-order valence-corrected chi connectivity index (χ4v) is 1.36. The Balaban J connectivity index is 2.44. The number of nitrogen functional groups attached to an aromatic ring is 1. The molecule has 0 fully saturated rings. The van der Waals surface area contributed by atoms with Crippen LogP contribution >= 0.6 is 0 Å². The lowest BCUT2D eigenvalue weighted by Crippen LogP contribution is -2.07. The molecule has 0 atom stereocenters. The van der Waals surface area contributed by atoms with Gasteiger partial charge in [-0.15, -0.1) is 0 Å². The minimum Gasteiger partial charge on any atom is -0.481 e. The number of nitrogens with zero attached hydrogens (tertiary/aromatic N) is 2. The van der Waals surface area contributed by atoms with Crippen LogP contribution in [0.25, 0.3) is 0 Å². The average Bonchev–Trinajstić information content (AvgIpc) is 2.23. The van der Waals surface area contributed by atoms with Gasteiger partial charge in [0.05, 0.1) is 7.11 Å². The summed E-state index contributed by atoms with van der Waals surface area (Å²) in [6.07, 6.45) is 2.31. The van der Waals surface area contributed by atoms with E-state index >= 15 is 0 Å². The zero-order chi connectivity index (χ0) is 12.0. The summed E-state index contributed by atoms with van der Waals surface area (Å²) in [6, 6.07) is 1.74. The first kappa shape index (κ1) is 12.5. The topological polar surface area (TPSA) is 73.1 Å². The first-order chi connectivity index (χ1) is 7.61. The lowest BCUT2D eigenvalue weighted by atomic mass is 10.1. The predicted octanol–water partition coefficient (Wildman–Crippen LogP) is 1.92. The maximum atomic E-state index is 5.55. The fraction of sp³-hybridized carbons (Fsp3) is 0.636. The summed E-state index contributed by atoms with van der Waals surface area (Å²) in [5.74, 6) is 2.16. The molecule has 90 valence electrons. The minimum atomic E-state index is 0.228. The molecular weight excluding hydrogens is 204 g/mol. The summed E-state index contributed by atoms with van der Waals surface area (Å²) in [5, 5.41) is 3.20. The van der Waals surface area contributed by atoms with Crippen molar-refractivity contribution in [1.82, 2.24) is 9.97 Å². The Bertz CT molecular complexity index is 328. The monoisotopic (exact) mass is 224 g/mol. The molecule has 0 aliphatic heterocycles. The van der Waals surface area contributed by atoms with Gasteiger partial charge in [-0.1, -0.05) is 13.8 Å². The third kappa shape index (κ3) is 4.33. The summed E-state index contributed by atoms with van der Waals surface area (Å²) in [4.78, 5) is 7.99. The summed E-state index contributed by atoms with van der Waals surface area (Å²) in [7, 11) is 1.56. The van der Waals surface area contributed by atoms with Crippen molar-refractivity contribution < 1.29 is 4.74 Å². The standard InChI is InChI=1S/C11H20N4O/c1-8(2)5-4-6-13-9-7-10(16-3)15-11(12)14-9/h7-8H,4-6H2,1-3H3,(H3,12,13,14,15). The van der Waals surface area contributed by atoms with Crippen molar-refractivity contribution in [3.63, 3.8) is 0 Å². The number of nitrogens with two attached hydrogens (primary N) is 1. The van der Waals surface area contributed by atoms with Gasteiger partial charge in [-0.3, -0.25) is 0 Å². The molecule has 0 aliphatic rings. The number of nitrogens with one attached hydrogen (secondary N) is 1. The fourth-order valence-electron chi connectivity index (χ4n) is 1.36. The molecule has 0 spiro atoms. The maximum absolute atomic E-state index is 5.55. The number of anilines is 2. The summed E-state index contributed by atoms with van der Waals surface area (Å²) < 4.78 is 5.01. The van der Waals surface area contributed by atoms with Crippen LogP contribution in [0.5, 0.6) is 5.88 Å². The molecule has 0 bridgehead atoms. The zero-order valence-corrected chi connectivity index (χ0v) is 10.2. The smallest absolute Gasteiger partial charge is 0.225 e. The normalized spacial score (nSPS) is 10.5. The van der Waals surface area contributed by atoms with Crippen LogP contribution in [0.2, 0.25) is 0 Å². The van der Waals surface area contributed by atoms with Crippen molar-refractivity contribution in [2.24, 2.45) is 5.92 Å². The van der Waals surface area contributed by atoms with Crippen LogP contribution in [-0.2, 0) is 0 Å². The van der Waals surface area contributed by atoms with Gasteiger partial charge in [0.25, 0.3) is 0 Å². The highest BCUT2D eigenvalue weighted by molar-refractivity contribution is 5.42. The van der Waals surface area contributed by atoms with E-state index in [0.29, 0.717) is 11.7 Å². The van der Waals surface area contributed by atoms with Gasteiger partial charge in [0.1, 0.15) is 5.82 Å². The van der Waals surface area contributed by atoms with Gasteiger partial charge in [0.15, 0.2) is 0 Å².